The minimum atomic E-state index is 0.137. The zero-order chi connectivity index (χ0) is 7.28. The van der Waals surface area contributed by atoms with Crippen LogP contribution in [0.15, 0.2) is 0 Å². The zero-order valence-electron chi connectivity index (χ0n) is 5.63. The predicted molar refractivity (Wildman–Crippen MR) is 44.8 cm³/mol. The number of hydrogen-bond donors (Lipinski definition) is 1. The number of carbonyl (C=O) groups excluding carboxylic acids is 1. The van der Waals surface area contributed by atoms with Crippen molar-refractivity contribution in [3.05, 3.63) is 0 Å². The maximum atomic E-state index is 10.8. The minimum Gasteiger partial charge on any atom is -0.345 e. The first kappa shape index (κ1) is 9.17. The number of thiol groups is 1. The van der Waals surface area contributed by atoms with Gasteiger partial charge in [-0.25, -0.2) is 0 Å². The van der Waals surface area contributed by atoms with Crippen molar-refractivity contribution < 1.29 is 4.79 Å². The lowest BCUT2D eigenvalue weighted by Gasteiger charge is -2.12. The molecule has 4 heteroatoms. The molecule has 0 saturated carbocycles. The Labute approximate surface area is 64.8 Å². The van der Waals surface area contributed by atoms with Gasteiger partial charge >= 0.3 is 0 Å². The molecule has 0 aliphatic rings. The third kappa shape index (κ3) is 3.70. The number of hydrogen-bond acceptors (Lipinski definition) is 3. The van der Waals surface area contributed by atoms with Crippen molar-refractivity contribution in [2.75, 3.05) is 19.3 Å². The van der Waals surface area contributed by atoms with Crippen LogP contribution in [-0.4, -0.2) is 30.2 Å². The average molecular weight is 165 g/mol. The summed E-state index contributed by atoms with van der Waals surface area (Å²) in [6, 6.07) is 0. The molecule has 0 aliphatic carbocycles. The fourth-order valence-electron chi connectivity index (χ4n) is 0.342. The molecule has 0 aromatic rings. The van der Waals surface area contributed by atoms with Gasteiger partial charge in [0.1, 0.15) is 0 Å². The van der Waals surface area contributed by atoms with Gasteiger partial charge in [-0.1, -0.05) is 10.8 Å². The van der Waals surface area contributed by atoms with Crippen LogP contribution < -0.4 is 0 Å². The zero-order valence-corrected chi connectivity index (χ0v) is 7.34. The maximum absolute atomic E-state index is 10.8. The van der Waals surface area contributed by atoms with Crippen LogP contribution in [0.4, 0.5) is 0 Å². The second-order valence-corrected chi connectivity index (χ2v) is 3.00. The van der Waals surface area contributed by atoms with Crippen LogP contribution in [0.25, 0.3) is 0 Å². The van der Waals surface area contributed by atoms with E-state index in [4.69, 9.17) is 0 Å². The summed E-state index contributed by atoms with van der Waals surface area (Å²) in [5.74, 6) is 0.602. The van der Waals surface area contributed by atoms with E-state index in [1.54, 1.807) is 11.9 Å². The molecule has 1 amide bonds. The number of amides is 1. The van der Waals surface area contributed by atoms with Gasteiger partial charge in [0, 0.05) is 13.6 Å². The van der Waals surface area contributed by atoms with E-state index >= 15 is 0 Å². The van der Waals surface area contributed by atoms with Gasteiger partial charge in [0.05, 0.1) is 5.75 Å². The summed E-state index contributed by atoms with van der Waals surface area (Å²) < 4.78 is 0. The van der Waals surface area contributed by atoms with Gasteiger partial charge < -0.3 is 4.90 Å². The summed E-state index contributed by atoms with van der Waals surface area (Å²) >= 11 is 3.86. The summed E-state index contributed by atoms with van der Waals surface area (Å²) in [5.41, 5.74) is 0. The van der Waals surface area contributed by atoms with E-state index in [2.05, 4.69) is 11.7 Å². The molecule has 0 radical (unpaired) electrons. The average Bonchev–Trinajstić information content (AvgIpc) is 1.87. The Morgan fingerprint density at radius 1 is 1.78 bits per heavy atom. The monoisotopic (exact) mass is 165 g/mol. The van der Waals surface area contributed by atoms with Crippen LogP contribution >= 0.6 is 22.5 Å². The van der Waals surface area contributed by atoms with E-state index in [0.717, 1.165) is 6.54 Å². The van der Waals surface area contributed by atoms with Gasteiger partial charge in [-0.3, -0.25) is 4.79 Å². The molecule has 0 heterocycles. The maximum Gasteiger partial charge on any atom is 0.233 e. The molecular formula is C5H11NOS2. The van der Waals surface area contributed by atoms with Crippen LogP contribution in [-0.2, 0) is 4.79 Å². The third-order valence-corrected chi connectivity index (χ3v) is 1.85. The Balaban J connectivity index is 3.46. The van der Waals surface area contributed by atoms with Crippen molar-refractivity contribution in [3.8, 4) is 0 Å². The molecule has 54 valence electrons. The Morgan fingerprint density at radius 3 is 2.67 bits per heavy atom. The molecular weight excluding hydrogens is 154 g/mol. The molecule has 0 N–H and O–H groups in total. The first-order valence-corrected chi connectivity index (χ1v) is 4.76. The van der Waals surface area contributed by atoms with E-state index in [-0.39, 0.29) is 5.91 Å². The number of rotatable bonds is 3. The van der Waals surface area contributed by atoms with Crippen molar-refractivity contribution in [2.24, 2.45) is 0 Å². The topological polar surface area (TPSA) is 20.3 Å². The van der Waals surface area contributed by atoms with E-state index in [1.807, 2.05) is 6.92 Å². The summed E-state index contributed by atoms with van der Waals surface area (Å²) in [7, 11) is 3.04. The van der Waals surface area contributed by atoms with Gasteiger partial charge in [0.25, 0.3) is 0 Å². The highest BCUT2D eigenvalue weighted by Gasteiger charge is 2.03. The van der Waals surface area contributed by atoms with E-state index in [0.29, 0.717) is 5.75 Å². The third-order valence-electron chi connectivity index (χ3n) is 1.09. The predicted octanol–water partition coefficient (Wildman–Crippen LogP) is 1.04. The van der Waals surface area contributed by atoms with Crippen LogP contribution in [0.3, 0.4) is 0 Å². The van der Waals surface area contributed by atoms with Crippen LogP contribution in [0.1, 0.15) is 6.92 Å². The second kappa shape index (κ2) is 4.99. The fourth-order valence-corrected chi connectivity index (χ4v) is 1.00. The minimum absolute atomic E-state index is 0.137. The Bertz CT molecular complexity index is 97.0. The normalized spacial score (nSPS) is 9.22. The molecule has 0 spiro atoms. The van der Waals surface area contributed by atoms with Crippen molar-refractivity contribution in [3.63, 3.8) is 0 Å². The molecule has 2 nitrogen and oxygen atoms in total. The van der Waals surface area contributed by atoms with Gasteiger partial charge in [0.15, 0.2) is 0 Å². The highest BCUT2D eigenvalue weighted by atomic mass is 33.1. The lowest BCUT2D eigenvalue weighted by molar-refractivity contribution is -0.126. The molecule has 0 rings (SSSR count). The fraction of sp³-hybridized carbons (Fsp3) is 0.800. The van der Waals surface area contributed by atoms with Crippen LogP contribution in [0, 0.1) is 0 Å². The Kier molecular flexibility index (Phi) is 5.09. The summed E-state index contributed by atoms with van der Waals surface area (Å²) in [4.78, 5) is 12.5. The molecule has 0 fully saturated rings. The van der Waals surface area contributed by atoms with Gasteiger partial charge in [-0.2, -0.15) is 0 Å². The lowest BCUT2D eigenvalue weighted by atomic mass is 10.5. The quantitative estimate of drug-likeness (QED) is 0.498. The molecule has 0 saturated heterocycles. The highest BCUT2D eigenvalue weighted by Crippen LogP contribution is 2.04. The van der Waals surface area contributed by atoms with Crippen molar-refractivity contribution >= 4 is 28.4 Å². The molecule has 0 aliphatic heterocycles. The first-order chi connectivity index (χ1) is 4.22. The number of nitrogens with zero attached hydrogens (tertiary/aromatic N) is 1. The van der Waals surface area contributed by atoms with E-state index < -0.39 is 0 Å². The largest absolute Gasteiger partial charge is 0.345 e. The molecule has 0 aromatic heterocycles. The van der Waals surface area contributed by atoms with Gasteiger partial charge in [-0.05, 0) is 6.92 Å². The van der Waals surface area contributed by atoms with Crippen LogP contribution in [0.2, 0.25) is 0 Å². The van der Waals surface area contributed by atoms with Crippen molar-refractivity contribution in [2.45, 2.75) is 6.92 Å². The summed E-state index contributed by atoms with van der Waals surface area (Å²) in [6.45, 7) is 2.72. The second-order valence-electron chi connectivity index (χ2n) is 1.68. The molecule has 9 heavy (non-hydrogen) atoms. The smallest absolute Gasteiger partial charge is 0.233 e. The summed E-state index contributed by atoms with van der Waals surface area (Å²) in [5, 5.41) is 0. The van der Waals surface area contributed by atoms with Gasteiger partial charge in [0.2, 0.25) is 5.91 Å². The van der Waals surface area contributed by atoms with E-state index in [1.165, 1.54) is 10.8 Å². The van der Waals surface area contributed by atoms with Crippen molar-refractivity contribution in [1.29, 1.82) is 0 Å². The van der Waals surface area contributed by atoms with Gasteiger partial charge in [-0.15, -0.1) is 11.7 Å². The van der Waals surface area contributed by atoms with E-state index in [9.17, 15) is 4.79 Å². The number of carbonyl (C=O) groups is 1. The molecule has 0 unspecified atom stereocenters. The standard InChI is InChI=1S/C5H11NOS2/c1-3-6(2)5(7)4-9-8/h8H,3-4H2,1-2H3. The Hall–Kier alpha value is 0.170. The SMILES string of the molecule is CCN(C)C(=O)CSS. The van der Waals surface area contributed by atoms with Crippen LogP contribution in [0.5, 0.6) is 0 Å². The highest BCUT2D eigenvalue weighted by molar-refractivity contribution is 8.68. The first-order valence-electron chi connectivity index (χ1n) is 2.72. The summed E-state index contributed by atoms with van der Waals surface area (Å²) in [6.07, 6.45) is 0. The molecule has 0 atom stereocenters. The molecule has 0 bridgehead atoms. The molecule has 0 aromatic carbocycles. The Morgan fingerprint density at radius 2 is 2.33 bits per heavy atom. The van der Waals surface area contributed by atoms with Crippen molar-refractivity contribution in [1.82, 2.24) is 4.90 Å². The lowest BCUT2D eigenvalue weighted by Crippen LogP contribution is -2.27.